The van der Waals surface area contributed by atoms with E-state index in [1.807, 2.05) is 30.1 Å². The molecule has 0 bridgehead atoms. The number of anilines is 1. The molecule has 3 heterocycles. The molecule has 3 atom stereocenters. The second kappa shape index (κ2) is 7.95. The summed E-state index contributed by atoms with van der Waals surface area (Å²) in [6.07, 6.45) is 10.5. The topological polar surface area (TPSA) is 85.0 Å². The number of pyridine rings is 1. The molecule has 0 aliphatic heterocycles. The Bertz CT molecular complexity index is 1070. The van der Waals surface area contributed by atoms with Crippen molar-refractivity contribution in [3.8, 4) is 0 Å². The van der Waals surface area contributed by atoms with Crippen molar-refractivity contribution in [2.45, 2.75) is 56.9 Å². The zero-order chi connectivity index (χ0) is 20.7. The molecule has 1 amide bonds. The van der Waals surface area contributed by atoms with Gasteiger partial charge in [-0.25, -0.2) is 9.97 Å². The van der Waals surface area contributed by atoms with Gasteiger partial charge in [0.15, 0.2) is 0 Å². The summed E-state index contributed by atoms with van der Waals surface area (Å²) in [7, 11) is 1.96. The summed E-state index contributed by atoms with van der Waals surface area (Å²) in [6, 6.07) is 6.03. The normalized spacial score (nSPS) is 23.4. The summed E-state index contributed by atoms with van der Waals surface area (Å²) in [5.41, 5.74) is 8.49. The van der Waals surface area contributed by atoms with E-state index in [0.717, 1.165) is 41.6 Å². The number of nitrogen functional groups attached to an aromatic ring is 1. The molecule has 2 aliphatic carbocycles. The smallest absolute Gasteiger partial charge is 0.228 e. The third kappa shape index (κ3) is 3.45. The van der Waals surface area contributed by atoms with Crippen molar-refractivity contribution in [1.29, 1.82) is 0 Å². The van der Waals surface area contributed by atoms with E-state index in [9.17, 15) is 4.79 Å². The van der Waals surface area contributed by atoms with Crippen LogP contribution in [-0.2, 0) is 17.6 Å². The van der Waals surface area contributed by atoms with E-state index in [1.165, 1.54) is 23.3 Å². The van der Waals surface area contributed by atoms with Crippen LogP contribution in [0.5, 0.6) is 0 Å². The average Bonchev–Trinajstić information content (AvgIpc) is 3.33. The number of fused-ring (bicyclic) bond motifs is 3. The molecule has 0 radical (unpaired) electrons. The van der Waals surface area contributed by atoms with E-state index in [-0.39, 0.29) is 5.91 Å². The van der Waals surface area contributed by atoms with Crippen molar-refractivity contribution >= 4 is 33.3 Å². The van der Waals surface area contributed by atoms with Gasteiger partial charge in [-0.1, -0.05) is 12.5 Å². The number of aromatic nitrogens is 3. The van der Waals surface area contributed by atoms with E-state index in [0.29, 0.717) is 30.1 Å². The molecule has 0 aromatic carbocycles. The van der Waals surface area contributed by atoms with Crippen LogP contribution in [0, 0.1) is 5.92 Å². The Kier molecular flexibility index (Phi) is 5.15. The van der Waals surface area contributed by atoms with Crippen LogP contribution in [-0.4, -0.2) is 38.8 Å². The zero-order valence-electron chi connectivity index (χ0n) is 17.3. The number of hydrogen-bond donors (Lipinski definition) is 1. The van der Waals surface area contributed by atoms with Crippen LogP contribution in [0.2, 0.25) is 0 Å². The molecule has 7 heteroatoms. The third-order valence-electron chi connectivity index (χ3n) is 6.94. The predicted molar refractivity (Wildman–Crippen MR) is 119 cm³/mol. The van der Waals surface area contributed by atoms with Gasteiger partial charge in [-0.2, -0.15) is 0 Å². The minimum atomic E-state index is 0.157. The maximum absolute atomic E-state index is 12.9. The summed E-state index contributed by atoms with van der Waals surface area (Å²) >= 11 is 1.78. The molecule has 156 valence electrons. The summed E-state index contributed by atoms with van der Waals surface area (Å²) in [5, 5.41) is 1.08. The molecule has 1 saturated carbocycles. The standard InChI is InChI=1S/C23H27N5OS/c1-28(19(29)12-15-6-2-3-10-25-15)16-7-4-5-14(11-16)17-8-9-18-20(17)21-22(24)26-13-27-23(21)30-18/h2-3,6,10,13-14,16-17H,4-5,7-9,11-12H2,1H3,(H2,24,26,27)/t14?,16-,17?/m0/s1. The molecule has 0 saturated heterocycles. The van der Waals surface area contributed by atoms with Gasteiger partial charge in [0.1, 0.15) is 17.0 Å². The lowest BCUT2D eigenvalue weighted by molar-refractivity contribution is -0.132. The Labute approximate surface area is 180 Å². The number of carbonyl (C=O) groups excluding carboxylic acids is 1. The molecule has 2 aliphatic rings. The van der Waals surface area contributed by atoms with Crippen molar-refractivity contribution in [3.05, 3.63) is 46.9 Å². The summed E-state index contributed by atoms with van der Waals surface area (Å²) in [5.74, 6) is 1.85. The molecule has 2 unspecified atom stereocenters. The second-order valence-corrected chi connectivity index (χ2v) is 9.69. The molecule has 30 heavy (non-hydrogen) atoms. The number of rotatable bonds is 4. The number of thiophene rings is 1. The van der Waals surface area contributed by atoms with Crippen molar-refractivity contribution in [3.63, 3.8) is 0 Å². The van der Waals surface area contributed by atoms with Crippen molar-refractivity contribution in [2.75, 3.05) is 12.8 Å². The minimum absolute atomic E-state index is 0.157. The lowest BCUT2D eigenvalue weighted by Gasteiger charge is -2.38. The molecule has 5 rings (SSSR count). The Morgan fingerprint density at radius 2 is 2.13 bits per heavy atom. The van der Waals surface area contributed by atoms with Gasteiger partial charge in [0.2, 0.25) is 5.91 Å². The largest absolute Gasteiger partial charge is 0.383 e. The number of nitrogens with two attached hydrogens (primary N) is 1. The maximum atomic E-state index is 12.9. The first-order chi connectivity index (χ1) is 14.6. The lowest BCUT2D eigenvalue weighted by atomic mass is 9.75. The van der Waals surface area contributed by atoms with Crippen LogP contribution in [0.1, 0.15) is 54.2 Å². The Balaban J connectivity index is 1.33. The van der Waals surface area contributed by atoms with Gasteiger partial charge in [0.05, 0.1) is 11.8 Å². The highest BCUT2D eigenvalue weighted by Gasteiger charge is 2.38. The fraction of sp³-hybridized carbons (Fsp3) is 0.478. The van der Waals surface area contributed by atoms with Gasteiger partial charge in [-0.15, -0.1) is 11.3 Å². The van der Waals surface area contributed by atoms with Gasteiger partial charge < -0.3 is 10.6 Å². The Morgan fingerprint density at radius 3 is 2.97 bits per heavy atom. The Hall–Kier alpha value is -2.54. The van der Waals surface area contributed by atoms with Gasteiger partial charge in [0, 0.05) is 29.9 Å². The van der Waals surface area contributed by atoms with Crippen LogP contribution in [0.4, 0.5) is 5.82 Å². The first-order valence-corrected chi connectivity index (χ1v) is 11.6. The van der Waals surface area contributed by atoms with E-state index < -0.39 is 0 Å². The van der Waals surface area contributed by atoms with Crippen molar-refractivity contribution in [1.82, 2.24) is 19.9 Å². The molecular formula is C23H27N5OS. The Morgan fingerprint density at radius 1 is 1.23 bits per heavy atom. The third-order valence-corrected chi connectivity index (χ3v) is 8.11. The number of likely N-dealkylation sites (N-methyl/N-ethyl adjacent to an activating group) is 1. The molecule has 3 aromatic rings. The first-order valence-electron chi connectivity index (χ1n) is 10.8. The summed E-state index contributed by atoms with van der Waals surface area (Å²) in [6.45, 7) is 0. The lowest BCUT2D eigenvalue weighted by Crippen LogP contribution is -2.41. The van der Waals surface area contributed by atoms with E-state index in [4.69, 9.17) is 5.73 Å². The number of aryl methyl sites for hydroxylation is 1. The fourth-order valence-electron chi connectivity index (χ4n) is 5.41. The predicted octanol–water partition coefficient (Wildman–Crippen LogP) is 3.96. The first kappa shape index (κ1) is 19.4. The van der Waals surface area contributed by atoms with Gasteiger partial charge in [0.25, 0.3) is 0 Å². The minimum Gasteiger partial charge on any atom is -0.383 e. The number of carbonyl (C=O) groups is 1. The highest BCUT2D eigenvalue weighted by molar-refractivity contribution is 7.19. The number of hydrogen-bond acceptors (Lipinski definition) is 6. The SMILES string of the molecule is CN(C(=O)Cc1ccccn1)[C@H]1CCCC(C2CCc3sc4ncnc(N)c4c32)C1. The molecule has 2 N–H and O–H groups in total. The van der Waals surface area contributed by atoms with Crippen LogP contribution in [0.25, 0.3) is 10.2 Å². The van der Waals surface area contributed by atoms with Gasteiger partial charge in [-0.3, -0.25) is 9.78 Å². The maximum Gasteiger partial charge on any atom is 0.228 e. The molecule has 1 fully saturated rings. The van der Waals surface area contributed by atoms with Crippen molar-refractivity contribution in [2.24, 2.45) is 5.92 Å². The molecular weight excluding hydrogens is 394 g/mol. The van der Waals surface area contributed by atoms with Crippen LogP contribution in [0.15, 0.2) is 30.7 Å². The van der Waals surface area contributed by atoms with Crippen molar-refractivity contribution < 1.29 is 4.79 Å². The molecule has 6 nitrogen and oxygen atoms in total. The van der Waals surface area contributed by atoms with E-state index in [1.54, 1.807) is 23.9 Å². The van der Waals surface area contributed by atoms with Gasteiger partial charge in [-0.05, 0) is 61.6 Å². The van der Waals surface area contributed by atoms with E-state index in [2.05, 4.69) is 15.0 Å². The molecule has 0 spiro atoms. The van der Waals surface area contributed by atoms with E-state index >= 15 is 0 Å². The molecule has 3 aromatic heterocycles. The quantitative estimate of drug-likeness (QED) is 0.689. The van der Waals surface area contributed by atoms with Crippen LogP contribution < -0.4 is 5.73 Å². The summed E-state index contributed by atoms with van der Waals surface area (Å²) < 4.78 is 0. The highest BCUT2D eigenvalue weighted by atomic mass is 32.1. The monoisotopic (exact) mass is 421 g/mol. The fourth-order valence-corrected chi connectivity index (χ4v) is 6.64. The summed E-state index contributed by atoms with van der Waals surface area (Å²) in [4.78, 5) is 30.3. The van der Waals surface area contributed by atoms with Gasteiger partial charge >= 0.3 is 0 Å². The number of nitrogens with zero attached hydrogens (tertiary/aromatic N) is 4. The second-order valence-electron chi connectivity index (χ2n) is 8.61. The van der Waals surface area contributed by atoms with Crippen LogP contribution in [0.3, 0.4) is 0 Å². The van der Waals surface area contributed by atoms with Crippen LogP contribution >= 0.6 is 11.3 Å². The zero-order valence-corrected chi connectivity index (χ0v) is 18.1. The number of amides is 1. The highest BCUT2D eigenvalue weighted by Crippen LogP contribution is 2.50. The average molecular weight is 422 g/mol.